The van der Waals surface area contributed by atoms with Crippen LogP contribution in [0.25, 0.3) is 0 Å². The molecule has 2 N–H and O–H groups in total. The fourth-order valence-electron chi connectivity index (χ4n) is 2.19. The lowest BCUT2D eigenvalue weighted by atomic mass is 10.1. The number of rotatable bonds is 5. The van der Waals surface area contributed by atoms with Crippen molar-refractivity contribution in [2.75, 3.05) is 26.2 Å². The Hall–Kier alpha value is -1.39. The predicted octanol–water partition coefficient (Wildman–Crippen LogP) is 1.11. The van der Waals surface area contributed by atoms with Crippen molar-refractivity contribution >= 4 is 5.97 Å². The van der Waals surface area contributed by atoms with E-state index in [2.05, 4.69) is 22.3 Å². The minimum absolute atomic E-state index is 0.205. The number of nitrogens with zero attached hydrogens (tertiary/aromatic N) is 1. The Morgan fingerprint density at radius 2 is 1.78 bits per heavy atom. The molecule has 2 rings (SSSR count). The number of carbonyl (C=O) groups is 1. The van der Waals surface area contributed by atoms with Crippen LogP contribution in [0, 0.1) is 0 Å². The van der Waals surface area contributed by atoms with Crippen LogP contribution in [0.1, 0.15) is 17.5 Å². The molecule has 1 heterocycles. The summed E-state index contributed by atoms with van der Waals surface area (Å²) in [7, 11) is 0. The number of hydrogen-bond donors (Lipinski definition) is 2. The van der Waals surface area contributed by atoms with Crippen molar-refractivity contribution in [3.05, 3.63) is 35.4 Å². The lowest BCUT2D eigenvalue weighted by Gasteiger charge is -2.27. The predicted molar refractivity (Wildman–Crippen MR) is 70.5 cm³/mol. The molecule has 1 aromatic carbocycles. The molecule has 98 valence electrons. The Morgan fingerprint density at radius 1 is 1.17 bits per heavy atom. The molecule has 4 nitrogen and oxygen atoms in total. The van der Waals surface area contributed by atoms with Crippen molar-refractivity contribution in [3.63, 3.8) is 0 Å². The molecule has 18 heavy (non-hydrogen) atoms. The van der Waals surface area contributed by atoms with Gasteiger partial charge in [0.2, 0.25) is 0 Å². The Labute approximate surface area is 108 Å². The average Bonchev–Trinajstić information content (AvgIpc) is 2.39. The summed E-state index contributed by atoms with van der Waals surface area (Å²) in [4.78, 5) is 12.9. The minimum Gasteiger partial charge on any atom is -0.481 e. The highest BCUT2D eigenvalue weighted by molar-refractivity contribution is 5.67. The molecule has 1 saturated heterocycles. The van der Waals surface area contributed by atoms with Gasteiger partial charge in [-0.3, -0.25) is 9.69 Å². The van der Waals surface area contributed by atoms with Crippen LogP contribution in [0.2, 0.25) is 0 Å². The Balaban J connectivity index is 1.84. The Kier molecular flexibility index (Phi) is 4.73. The third kappa shape index (κ3) is 4.13. The normalized spacial score (nSPS) is 16.7. The average molecular weight is 248 g/mol. The summed E-state index contributed by atoms with van der Waals surface area (Å²) < 4.78 is 0. The Bertz CT molecular complexity index is 383. The van der Waals surface area contributed by atoms with Crippen LogP contribution < -0.4 is 5.32 Å². The first kappa shape index (κ1) is 13.1. The monoisotopic (exact) mass is 248 g/mol. The van der Waals surface area contributed by atoms with Crippen LogP contribution in [-0.2, 0) is 17.8 Å². The fraction of sp³-hybridized carbons (Fsp3) is 0.500. The summed E-state index contributed by atoms with van der Waals surface area (Å²) in [5.74, 6) is -0.736. The zero-order chi connectivity index (χ0) is 12.8. The van der Waals surface area contributed by atoms with Gasteiger partial charge in [-0.25, -0.2) is 0 Å². The first-order valence-corrected chi connectivity index (χ1v) is 6.47. The summed E-state index contributed by atoms with van der Waals surface area (Å²) >= 11 is 0. The molecule has 0 saturated carbocycles. The SMILES string of the molecule is O=C(O)CCc1ccc(CN2CCNCC2)cc1. The maximum Gasteiger partial charge on any atom is 0.303 e. The number of aryl methyl sites for hydroxylation is 1. The van der Waals surface area contributed by atoms with E-state index in [9.17, 15) is 4.79 Å². The summed E-state index contributed by atoms with van der Waals surface area (Å²) in [5, 5.41) is 12.0. The zero-order valence-corrected chi connectivity index (χ0v) is 10.6. The van der Waals surface area contributed by atoms with E-state index in [4.69, 9.17) is 5.11 Å². The summed E-state index contributed by atoms with van der Waals surface area (Å²) in [6.07, 6.45) is 0.820. The second kappa shape index (κ2) is 6.52. The van der Waals surface area contributed by atoms with E-state index >= 15 is 0 Å². The second-order valence-electron chi connectivity index (χ2n) is 4.74. The molecule has 0 atom stereocenters. The van der Waals surface area contributed by atoms with Crippen LogP contribution in [0.4, 0.5) is 0 Å². The highest BCUT2D eigenvalue weighted by Crippen LogP contribution is 2.09. The van der Waals surface area contributed by atoms with Crippen LogP contribution in [0.3, 0.4) is 0 Å². The number of benzene rings is 1. The van der Waals surface area contributed by atoms with Crippen LogP contribution in [-0.4, -0.2) is 42.2 Å². The number of carboxylic acid groups (broad SMARTS) is 1. The van der Waals surface area contributed by atoms with Crippen molar-refractivity contribution in [2.24, 2.45) is 0 Å². The van der Waals surface area contributed by atoms with Gasteiger partial charge < -0.3 is 10.4 Å². The molecule has 4 heteroatoms. The molecule has 0 amide bonds. The highest BCUT2D eigenvalue weighted by Gasteiger charge is 2.09. The van der Waals surface area contributed by atoms with Crippen LogP contribution in [0.15, 0.2) is 24.3 Å². The number of hydrogen-bond acceptors (Lipinski definition) is 3. The van der Waals surface area contributed by atoms with Gasteiger partial charge in [0, 0.05) is 39.1 Å². The fourth-order valence-corrected chi connectivity index (χ4v) is 2.19. The van der Waals surface area contributed by atoms with Crippen molar-refractivity contribution in [2.45, 2.75) is 19.4 Å². The second-order valence-corrected chi connectivity index (χ2v) is 4.74. The molecular formula is C14H20N2O2. The lowest BCUT2D eigenvalue weighted by Crippen LogP contribution is -2.42. The lowest BCUT2D eigenvalue weighted by molar-refractivity contribution is -0.136. The van der Waals surface area contributed by atoms with Gasteiger partial charge in [-0.2, -0.15) is 0 Å². The van der Waals surface area contributed by atoms with E-state index in [-0.39, 0.29) is 6.42 Å². The largest absolute Gasteiger partial charge is 0.481 e. The topological polar surface area (TPSA) is 52.6 Å². The van der Waals surface area contributed by atoms with E-state index in [1.54, 1.807) is 0 Å². The first-order chi connectivity index (χ1) is 8.74. The molecular weight excluding hydrogens is 228 g/mol. The van der Waals surface area contributed by atoms with Gasteiger partial charge in [0.15, 0.2) is 0 Å². The van der Waals surface area contributed by atoms with Gasteiger partial charge >= 0.3 is 5.97 Å². The molecule has 1 aliphatic heterocycles. The number of nitrogens with one attached hydrogen (secondary N) is 1. The molecule has 0 spiro atoms. The number of carboxylic acids is 1. The van der Waals surface area contributed by atoms with Crippen molar-refractivity contribution in [3.8, 4) is 0 Å². The maximum atomic E-state index is 10.5. The first-order valence-electron chi connectivity index (χ1n) is 6.47. The standard InChI is InChI=1S/C14H20N2O2/c17-14(18)6-5-12-1-3-13(4-2-12)11-16-9-7-15-8-10-16/h1-4,15H,5-11H2,(H,17,18). The van der Waals surface area contributed by atoms with E-state index in [1.165, 1.54) is 5.56 Å². The molecule has 1 aromatic rings. The minimum atomic E-state index is -0.736. The van der Waals surface area contributed by atoms with Gasteiger partial charge in [0.05, 0.1) is 0 Å². The quantitative estimate of drug-likeness (QED) is 0.819. The molecule has 1 fully saturated rings. The van der Waals surface area contributed by atoms with Gasteiger partial charge in [-0.15, -0.1) is 0 Å². The maximum absolute atomic E-state index is 10.5. The smallest absolute Gasteiger partial charge is 0.303 e. The van der Waals surface area contributed by atoms with Crippen LogP contribution >= 0.6 is 0 Å². The van der Waals surface area contributed by atoms with Gasteiger partial charge in [0.25, 0.3) is 0 Å². The van der Waals surface area contributed by atoms with Crippen LogP contribution in [0.5, 0.6) is 0 Å². The van der Waals surface area contributed by atoms with E-state index in [0.29, 0.717) is 6.42 Å². The Morgan fingerprint density at radius 3 is 2.39 bits per heavy atom. The summed E-state index contributed by atoms with van der Waals surface area (Å²) in [6, 6.07) is 8.30. The van der Waals surface area contributed by atoms with Gasteiger partial charge in [-0.1, -0.05) is 24.3 Å². The molecule has 0 bridgehead atoms. The van der Waals surface area contributed by atoms with Crippen molar-refractivity contribution in [1.29, 1.82) is 0 Å². The molecule has 0 aliphatic carbocycles. The third-order valence-electron chi connectivity index (χ3n) is 3.27. The summed E-state index contributed by atoms with van der Waals surface area (Å²) in [6.45, 7) is 5.32. The highest BCUT2D eigenvalue weighted by atomic mass is 16.4. The molecule has 0 unspecified atom stereocenters. The zero-order valence-electron chi connectivity index (χ0n) is 10.6. The van der Waals surface area contributed by atoms with E-state index < -0.39 is 5.97 Å². The van der Waals surface area contributed by atoms with Crippen molar-refractivity contribution in [1.82, 2.24) is 10.2 Å². The van der Waals surface area contributed by atoms with Gasteiger partial charge in [0.1, 0.15) is 0 Å². The van der Waals surface area contributed by atoms with Gasteiger partial charge in [-0.05, 0) is 17.5 Å². The number of piperazine rings is 1. The third-order valence-corrected chi connectivity index (χ3v) is 3.27. The summed E-state index contributed by atoms with van der Waals surface area (Å²) in [5.41, 5.74) is 2.40. The van der Waals surface area contributed by atoms with Crippen molar-refractivity contribution < 1.29 is 9.90 Å². The number of aliphatic carboxylic acids is 1. The van der Waals surface area contributed by atoms with E-state index in [0.717, 1.165) is 38.3 Å². The molecule has 0 aromatic heterocycles. The van der Waals surface area contributed by atoms with E-state index in [1.807, 2.05) is 12.1 Å². The molecule has 1 aliphatic rings. The molecule has 0 radical (unpaired) electrons.